The fraction of sp³-hybridized carbons (Fsp3) is 0.600. The number of ether oxygens (including phenoxy) is 1. The minimum absolute atomic E-state index is 0.139. The molecule has 3 nitrogen and oxygen atoms in total. The maximum atomic E-state index is 9.84. The molecule has 3 heteroatoms. The fourth-order valence-corrected chi connectivity index (χ4v) is 2.59. The predicted octanol–water partition coefficient (Wildman–Crippen LogP) is 2.43. The van der Waals surface area contributed by atoms with Gasteiger partial charge in [-0.1, -0.05) is 18.2 Å². The summed E-state index contributed by atoms with van der Waals surface area (Å²) >= 11 is 0. The summed E-state index contributed by atoms with van der Waals surface area (Å²) in [5, 5.41) is 9.84. The van der Waals surface area contributed by atoms with Crippen molar-refractivity contribution in [1.82, 2.24) is 4.90 Å². The van der Waals surface area contributed by atoms with E-state index < -0.39 is 0 Å². The van der Waals surface area contributed by atoms with Gasteiger partial charge in [-0.3, -0.25) is 4.90 Å². The molecule has 1 aliphatic heterocycles. The molecule has 1 heterocycles. The van der Waals surface area contributed by atoms with Crippen LogP contribution in [-0.4, -0.2) is 35.3 Å². The van der Waals surface area contributed by atoms with Gasteiger partial charge in [0.15, 0.2) is 0 Å². The first-order valence-electron chi connectivity index (χ1n) is 6.58. The Kier molecular flexibility index (Phi) is 3.93. The highest BCUT2D eigenvalue weighted by atomic mass is 16.5. The molecule has 0 saturated carbocycles. The number of benzene rings is 1. The van der Waals surface area contributed by atoms with Gasteiger partial charge >= 0.3 is 0 Å². The largest absolute Gasteiger partial charge is 0.496 e. The number of likely N-dealkylation sites (tertiary alicyclic amines) is 1. The number of β-amino-alcohol motifs (C(OH)–C–C–N with tert-alkyl or cyclic N) is 1. The molecule has 0 aliphatic carbocycles. The second-order valence-electron chi connectivity index (χ2n) is 5.70. The van der Waals surface area contributed by atoms with Crippen molar-refractivity contribution in [2.45, 2.75) is 44.9 Å². The Morgan fingerprint density at radius 3 is 2.83 bits per heavy atom. The first-order valence-corrected chi connectivity index (χ1v) is 6.58. The van der Waals surface area contributed by atoms with E-state index in [2.05, 4.69) is 24.8 Å². The van der Waals surface area contributed by atoms with Gasteiger partial charge in [-0.05, 0) is 32.8 Å². The number of methoxy groups -OCH3 is 1. The minimum atomic E-state index is -0.201. The number of piperidine rings is 1. The van der Waals surface area contributed by atoms with E-state index in [9.17, 15) is 5.11 Å². The molecule has 1 N–H and O–H groups in total. The van der Waals surface area contributed by atoms with Crippen molar-refractivity contribution in [3.63, 3.8) is 0 Å². The lowest BCUT2D eigenvalue weighted by molar-refractivity contribution is -0.00992. The molecule has 18 heavy (non-hydrogen) atoms. The summed E-state index contributed by atoms with van der Waals surface area (Å²) in [7, 11) is 1.70. The van der Waals surface area contributed by atoms with Crippen molar-refractivity contribution < 1.29 is 9.84 Å². The smallest absolute Gasteiger partial charge is 0.123 e. The van der Waals surface area contributed by atoms with Crippen molar-refractivity contribution in [1.29, 1.82) is 0 Å². The van der Waals surface area contributed by atoms with E-state index in [-0.39, 0.29) is 11.6 Å². The van der Waals surface area contributed by atoms with E-state index in [4.69, 9.17) is 4.74 Å². The summed E-state index contributed by atoms with van der Waals surface area (Å²) in [6.07, 6.45) is 1.73. The third-order valence-electron chi connectivity index (χ3n) is 3.93. The first-order chi connectivity index (χ1) is 8.53. The fourth-order valence-electron chi connectivity index (χ4n) is 2.59. The van der Waals surface area contributed by atoms with Crippen LogP contribution in [0.25, 0.3) is 0 Å². The average molecular weight is 249 g/mol. The molecule has 2 rings (SSSR count). The lowest BCUT2D eigenvalue weighted by Crippen LogP contribution is -2.51. The molecule has 1 aliphatic rings. The van der Waals surface area contributed by atoms with Crippen LogP contribution >= 0.6 is 0 Å². The maximum Gasteiger partial charge on any atom is 0.123 e. The van der Waals surface area contributed by atoms with Gasteiger partial charge in [0.05, 0.1) is 13.2 Å². The van der Waals surface area contributed by atoms with Crippen molar-refractivity contribution in [3.8, 4) is 5.75 Å². The summed E-state index contributed by atoms with van der Waals surface area (Å²) in [6.45, 7) is 6.06. The number of nitrogens with zero attached hydrogens (tertiary/aromatic N) is 1. The van der Waals surface area contributed by atoms with Crippen molar-refractivity contribution in [3.05, 3.63) is 29.8 Å². The van der Waals surface area contributed by atoms with Gasteiger partial charge in [0.25, 0.3) is 0 Å². The van der Waals surface area contributed by atoms with E-state index in [1.54, 1.807) is 7.11 Å². The van der Waals surface area contributed by atoms with Crippen LogP contribution in [0.1, 0.15) is 32.3 Å². The second-order valence-corrected chi connectivity index (χ2v) is 5.70. The Balaban J connectivity index is 2.16. The highest BCUT2D eigenvalue weighted by Crippen LogP contribution is 2.30. The van der Waals surface area contributed by atoms with E-state index in [0.29, 0.717) is 0 Å². The Bertz CT molecular complexity index is 403. The topological polar surface area (TPSA) is 32.7 Å². The number of hydrogen-bond acceptors (Lipinski definition) is 3. The highest BCUT2D eigenvalue weighted by Gasteiger charge is 2.33. The molecule has 1 atom stereocenters. The van der Waals surface area contributed by atoms with E-state index in [1.807, 2.05) is 18.2 Å². The average Bonchev–Trinajstić information content (AvgIpc) is 2.35. The molecule has 1 unspecified atom stereocenters. The van der Waals surface area contributed by atoms with Crippen LogP contribution in [0.5, 0.6) is 5.75 Å². The van der Waals surface area contributed by atoms with Crippen LogP contribution in [0.15, 0.2) is 24.3 Å². The molecular weight excluding hydrogens is 226 g/mol. The first kappa shape index (κ1) is 13.4. The zero-order valence-electron chi connectivity index (χ0n) is 11.5. The molecule has 0 radical (unpaired) electrons. The molecule has 100 valence electrons. The Hall–Kier alpha value is -1.06. The minimum Gasteiger partial charge on any atom is -0.496 e. The van der Waals surface area contributed by atoms with Gasteiger partial charge in [-0.25, -0.2) is 0 Å². The van der Waals surface area contributed by atoms with Gasteiger partial charge in [-0.15, -0.1) is 0 Å². The molecular formula is C15H23NO2. The maximum absolute atomic E-state index is 9.84. The van der Waals surface area contributed by atoms with Gasteiger partial charge in [-0.2, -0.15) is 0 Å². The molecule has 1 aromatic rings. The van der Waals surface area contributed by atoms with Gasteiger partial charge in [0.2, 0.25) is 0 Å². The Labute approximate surface area is 109 Å². The number of rotatable bonds is 3. The number of aliphatic hydroxyl groups excluding tert-OH is 1. The molecule has 1 saturated heterocycles. The molecule has 0 spiro atoms. The number of hydrogen-bond donors (Lipinski definition) is 1. The van der Waals surface area contributed by atoms with Crippen LogP contribution in [0.3, 0.4) is 0 Å². The lowest BCUT2D eigenvalue weighted by Gasteiger charge is -2.44. The van der Waals surface area contributed by atoms with Crippen molar-refractivity contribution >= 4 is 0 Å². The number of aliphatic hydroxyl groups is 1. The lowest BCUT2D eigenvalue weighted by atomic mass is 9.88. The van der Waals surface area contributed by atoms with Crippen LogP contribution < -0.4 is 4.74 Å². The molecule has 0 aromatic heterocycles. The van der Waals surface area contributed by atoms with Gasteiger partial charge in [0, 0.05) is 24.2 Å². The standard InChI is InChI=1S/C15H23NO2/c1-15(2)9-8-13(17)11-16(15)10-12-6-4-5-7-14(12)18-3/h4-7,13,17H,8-11H2,1-3H3. The third kappa shape index (κ3) is 2.85. The summed E-state index contributed by atoms with van der Waals surface area (Å²) in [5.74, 6) is 0.924. The van der Waals surface area contributed by atoms with Crippen molar-refractivity contribution in [2.24, 2.45) is 0 Å². The SMILES string of the molecule is COc1ccccc1CN1CC(O)CCC1(C)C. The quantitative estimate of drug-likeness (QED) is 0.893. The Morgan fingerprint density at radius 1 is 1.39 bits per heavy atom. The summed E-state index contributed by atoms with van der Waals surface area (Å²) < 4.78 is 5.39. The van der Waals surface area contributed by atoms with E-state index in [1.165, 1.54) is 5.56 Å². The zero-order chi connectivity index (χ0) is 13.2. The van der Waals surface area contributed by atoms with Crippen molar-refractivity contribution in [2.75, 3.05) is 13.7 Å². The second kappa shape index (κ2) is 5.29. The third-order valence-corrected chi connectivity index (χ3v) is 3.93. The zero-order valence-corrected chi connectivity index (χ0v) is 11.5. The normalized spacial score (nSPS) is 23.9. The summed E-state index contributed by atoms with van der Waals surface area (Å²) in [4.78, 5) is 2.35. The molecule has 1 aromatic carbocycles. The highest BCUT2D eigenvalue weighted by molar-refractivity contribution is 5.33. The van der Waals surface area contributed by atoms with Crippen LogP contribution in [0.2, 0.25) is 0 Å². The van der Waals surface area contributed by atoms with Crippen LogP contribution in [0, 0.1) is 0 Å². The van der Waals surface area contributed by atoms with Crippen LogP contribution in [0.4, 0.5) is 0 Å². The monoisotopic (exact) mass is 249 g/mol. The van der Waals surface area contributed by atoms with E-state index >= 15 is 0 Å². The molecule has 1 fully saturated rings. The molecule has 0 amide bonds. The number of para-hydroxylation sites is 1. The van der Waals surface area contributed by atoms with Gasteiger partial charge in [0.1, 0.15) is 5.75 Å². The summed E-state index contributed by atoms with van der Waals surface area (Å²) in [5.41, 5.74) is 1.32. The Morgan fingerprint density at radius 2 is 2.11 bits per heavy atom. The van der Waals surface area contributed by atoms with Crippen LogP contribution in [-0.2, 0) is 6.54 Å². The summed E-state index contributed by atoms with van der Waals surface area (Å²) in [6, 6.07) is 8.10. The van der Waals surface area contributed by atoms with Gasteiger partial charge < -0.3 is 9.84 Å². The molecule has 0 bridgehead atoms. The van der Waals surface area contributed by atoms with E-state index in [0.717, 1.165) is 31.7 Å². The predicted molar refractivity (Wildman–Crippen MR) is 72.7 cm³/mol.